The van der Waals surface area contributed by atoms with Crippen molar-refractivity contribution < 1.29 is 22.3 Å². The van der Waals surface area contributed by atoms with Crippen LogP contribution in [0.25, 0.3) is 23.0 Å². The van der Waals surface area contributed by atoms with Gasteiger partial charge in [-0.05, 0) is 42.8 Å². The summed E-state index contributed by atoms with van der Waals surface area (Å²) >= 11 is 0. The number of rotatable bonds is 8. The molecule has 1 amide bonds. The van der Waals surface area contributed by atoms with Crippen molar-refractivity contribution >= 4 is 21.8 Å². The van der Waals surface area contributed by atoms with Gasteiger partial charge >= 0.3 is 0 Å². The molecule has 1 aliphatic heterocycles. The third-order valence-corrected chi connectivity index (χ3v) is 8.22. The molecule has 202 valence electrons. The quantitative estimate of drug-likeness (QED) is 0.253. The molecule has 0 bridgehead atoms. The molecule has 8 nitrogen and oxygen atoms in total. The molecule has 5 rings (SSSR count). The van der Waals surface area contributed by atoms with Crippen LogP contribution in [0, 0.1) is 17.1 Å². The number of para-hydroxylation sites is 1. The highest BCUT2D eigenvalue weighted by molar-refractivity contribution is 7.91. The van der Waals surface area contributed by atoms with Crippen molar-refractivity contribution in [3.8, 4) is 28.8 Å². The summed E-state index contributed by atoms with van der Waals surface area (Å²) in [5.41, 5.74) is 2.67. The second-order valence-corrected chi connectivity index (χ2v) is 11.6. The number of carbonyl (C=O) groups is 1. The molecule has 10 heteroatoms. The zero-order valence-electron chi connectivity index (χ0n) is 21.3. The zero-order chi connectivity index (χ0) is 28.1. The van der Waals surface area contributed by atoms with Crippen LogP contribution in [0.1, 0.15) is 17.5 Å². The fraction of sp³-hybridized carbons (Fsp3) is 0.167. The molecule has 0 aliphatic carbocycles. The number of benzene rings is 3. The summed E-state index contributed by atoms with van der Waals surface area (Å²) in [6, 6.07) is 24.2. The molecule has 1 aromatic heterocycles. The fourth-order valence-corrected chi connectivity index (χ4v) is 6.09. The molecule has 3 aromatic carbocycles. The minimum absolute atomic E-state index is 0.00681. The van der Waals surface area contributed by atoms with Gasteiger partial charge in [0.2, 0.25) is 0 Å². The normalized spacial score (nSPS) is 16.3. The van der Waals surface area contributed by atoms with E-state index >= 15 is 0 Å². The molecular weight excluding hydrogens is 531 g/mol. The summed E-state index contributed by atoms with van der Waals surface area (Å²) in [5, 5.41) is 17.2. The maximum atomic E-state index is 14.1. The number of halogens is 1. The second-order valence-electron chi connectivity index (χ2n) is 9.36. The van der Waals surface area contributed by atoms with E-state index in [1.165, 1.54) is 12.1 Å². The number of nitrogens with one attached hydrogen (secondary N) is 1. The van der Waals surface area contributed by atoms with E-state index in [0.717, 1.165) is 5.69 Å². The fourth-order valence-electron chi connectivity index (χ4n) is 4.42. The summed E-state index contributed by atoms with van der Waals surface area (Å²) in [4.78, 5) is 12.9. The van der Waals surface area contributed by atoms with E-state index in [0.29, 0.717) is 34.6 Å². The van der Waals surface area contributed by atoms with Gasteiger partial charge in [-0.25, -0.2) is 17.5 Å². The lowest BCUT2D eigenvalue weighted by atomic mass is 10.1. The van der Waals surface area contributed by atoms with Crippen molar-refractivity contribution in [2.24, 2.45) is 0 Å². The van der Waals surface area contributed by atoms with Crippen LogP contribution < -0.4 is 10.1 Å². The first-order chi connectivity index (χ1) is 19.3. The lowest BCUT2D eigenvalue weighted by molar-refractivity contribution is -0.117. The van der Waals surface area contributed by atoms with Crippen LogP contribution in [0.5, 0.6) is 5.75 Å². The number of hydrogen-bond acceptors (Lipinski definition) is 6. The molecule has 0 radical (unpaired) electrons. The van der Waals surface area contributed by atoms with Gasteiger partial charge in [0.15, 0.2) is 9.84 Å². The molecule has 1 fully saturated rings. The summed E-state index contributed by atoms with van der Waals surface area (Å²) in [7, 11) is -3.19. The Labute approximate surface area is 231 Å². The van der Waals surface area contributed by atoms with Crippen molar-refractivity contribution in [3.63, 3.8) is 0 Å². The highest BCUT2D eigenvalue weighted by atomic mass is 32.2. The Morgan fingerprint density at radius 3 is 2.62 bits per heavy atom. The third-order valence-electron chi connectivity index (χ3n) is 6.46. The monoisotopic (exact) mass is 556 g/mol. The van der Waals surface area contributed by atoms with Gasteiger partial charge in [-0.2, -0.15) is 10.4 Å². The summed E-state index contributed by atoms with van der Waals surface area (Å²) in [5.74, 6) is -0.651. The van der Waals surface area contributed by atoms with Crippen LogP contribution in [0.4, 0.5) is 4.39 Å². The lowest BCUT2D eigenvalue weighted by Crippen LogP contribution is -2.36. The number of amides is 1. The van der Waals surface area contributed by atoms with E-state index in [4.69, 9.17) is 9.84 Å². The van der Waals surface area contributed by atoms with Crippen molar-refractivity contribution in [3.05, 3.63) is 108 Å². The molecular formula is C30H25FN4O4S. The van der Waals surface area contributed by atoms with E-state index in [-0.39, 0.29) is 29.5 Å². The summed E-state index contributed by atoms with van der Waals surface area (Å²) in [6.45, 7) is 0.0387. The Kier molecular flexibility index (Phi) is 7.75. The van der Waals surface area contributed by atoms with E-state index < -0.39 is 21.8 Å². The molecule has 2 heterocycles. The van der Waals surface area contributed by atoms with Gasteiger partial charge in [0, 0.05) is 28.9 Å². The number of carbonyl (C=O) groups excluding carboxylic acids is 1. The largest absolute Gasteiger partial charge is 0.489 e. The van der Waals surface area contributed by atoms with E-state index in [1.54, 1.807) is 47.3 Å². The predicted molar refractivity (Wildman–Crippen MR) is 149 cm³/mol. The van der Waals surface area contributed by atoms with E-state index in [1.807, 2.05) is 42.5 Å². The maximum absolute atomic E-state index is 14.1. The van der Waals surface area contributed by atoms with Crippen molar-refractivity contribution in [1.82, 2.24) is 15.1 Å². The molecule has 1 atom stereocenters. The van der Waals surface area contributed by atoms with Crippen molar-refractivity contribution in [2.75, 3.05) is 11.5 Å². The minimum atomic E-state index is -3.19. The number of aromatic nitrogens is 2. The maximum Gasteiger partial charge on any atom is 0.262 e. The highest BCUT2D eigenvalue weighted by Gasteiger charge is 2.29. The average molecular weight is 557 g/mol. The van der Waals surface area contributed by atoms with Gasteiger partial charge in [-0.15, -0.1) is 0 Å². The number of nitriles is 1. The minimum Gasteiger partial charge on any atom is -0.489 e. The standard InChI is InChI=1S/C30H25FN4O4S/c31-28-12-5-4-7-22(28)19-39-27-11-6-8-21(16-27)29-24(18-35(34-29)26-9-2-1-3-10-26)15-23(17-32)30(36)33-25-13-14-40(37,38)20-25/h1-12,15-16,18,25H,13-14,19-20H2,(H,33,36)/b23-15-. The Morgan fingerprint density at radius 1 is 1.12 bits per heavy atom. The number of sulfone groups is 1. The SMILES string of the molecule is N#C/C(=C/c1cn(-c2ccccc2)nc1-c1cccc(OCc2ccccc2F)c1)C(=O)NC1CCS(=O)(=O)C1. The van der Waals surface area contributed by atoms with Gasteiger partial charge in [0.1, 0.15) is 35.5 Å². The Balaban J connectivity index is 1.47. The van der Waals surface area contributed by atoms with Crippen molar-refractivity contribution in [2.45, 2.75) is 19.1 Å². The average Bonchev–Trinajstić information content (AvgIpc) is 3.54. The molecule has 0 saturated carbocycles. The predicted octanol–water partition coefficient (Wildman–Crippen LogP) is 4.47. The third kappa shape index (κ3) is 6.27. The Hall–Kier alpha value is -4.75. The number of nitrogens with zero attached hydrogens (tertiary/aromatic N) is 3. The summed E-state index contributed by atoms with van der Waals surface area (Å²) in [6.07, 6.45) is 3.46. The molecule has 4 aromatic rings. The van der Waals surface area contributed by atoms with Crippen LogP contribution in [0.3, 0.4) is 0 Å². The topological polar surface area (TPSA) is 114 Å². The smallest absolute Gasteiger partial charge is 0.262 e. The number of ether oxygens (including phenoxy) is 1. The molecule has 1 unspecified atom stereocenters. The zero-order valence-corrected chi connectivity index (χ0v) is 22.1. The summed E-state index contributed by atoms with van der Waals surface area (Å²) < 4.78 is 45.1. The molecule has 1 saturated heterocycles. The van der Waals surface area contributed by atoms with Crippen molar-refractivity contribution in [1.29, 1.82) is 5.26 Å². The van der Waals surface area contributed by atoms with Gasteiger partial charge in [0.05, 0.1) is 17.2 Å². The van der Waals surface area contributed by atoms with Crippen LogP contribution in [-0.2, 0) is 21.2 Å². The second kappa shape index (κ2) is 11.6. The lowest BCUT2D eigenvalue weighted by Gasteiger charge is -2.10. The van der Waals surface area contributed by atoms with E-state index in [9.17, 15) is 22.9 Å². The van der Waals surface area contributed by atoms with Gasteiger partial charge in [0.25, 0.3) is 5.91 Å². The van der Waals surface area contributed by atoms with Gasteiger partial charge in [-0.1, -0.05) is 48.5 Å². The first-order valence-electron chi connectivity index (χ1n) is 12.6. The molecule has 1 N–H and O–H groups in total. The van der Waals surface area contributed by atoms with Crippen LogP contribution in [-0.4, -0.2) is 41.7 Å². The molecule has 0 spiro atoms. The Morgan fingerprint density at radius 2 is 1.90 bits per heavy atom. The molecule has 40 heavy (non-hydrogen) atoms. The first-order valence-corrected chi connectivity index (χ1v) is 14.4. The van der Waals surface area contributed by atoms with E-state index in [2.05, 4.69) is 5.32 Å². The Bertz CT molecular complexity index is 1730. The highest BCUT2D eigenvalue weighted by Crippen LogP contribution is 2.29. The van der Waals surface area contributed by atoms with Gasteiger partial charge in [-0.3, -0.25) is 4.79 Å². The first kappa shape index (κ1) is 26.8. The molecule has 1 aliphatic rings. The van der Waals surface area contributed by atoms with Crippen LogP contribution >= 0.6 is 0 Å². The van der Waals surface area contributed by atoms with Crippen LogP contribution in [0.2, 0.25) is 0 Å². The number of hydrogen-bond donors (Lipinski definition) is 1. The van der Waals surface area contributed by atoms with Crippen LogP contribution in [0.15, 0.2) is 90.6 Å². The van der Waals surface area contributed by atoms with Gasteiger partial charge < -0.3 is 10.1 Å².